The van der Waals surface area contributed by atoms with Gasteiger partial charge in [0.2, 0.25) is 5.91 Å². The van der Waals surface area contributed by atoms with Crippen LogP contribution in [0.15, 0.2) is 0 Å². The molecule has 1 aliphatic rings. The van der Waals surface area contributed by atoms with Gasteiger partial charge in [0.05, 0.1) is 19.1 Å². The van der Waals surface area contributed by atoms with Gasteiger partial charge in [0.25, 0.3) is 0 Å². The lowest BCUT2D eigenvalue weighted by molar-refractivity contribution is -0.131. The Kier molecular flexibility index (Phi) is 8.02. The van der Waals surface area contributed by atoms with E-state index in [1.165, 1.54) is 0 Å². The summed E-state index contributed by atoms with van der Waals surface area (Å²) in [6.07, 6.45) is 5.88. The van der Waals surface area contributed by atoms with Crippen LogP contribution in [0.3, 0.4) is 0 Å². The Bertz CT molecular complexity index is 253. The monoisotopic (exact) mass is 272 g/mol. The smallest absolute Gasteiger partial charge is 0.224 e. The zero-order chi connectivity index (χ0) is 14.1. The first-order chi connectivity index (χ1) is 9.17. The van der Waals surface area contributed by atoms with Crippen molar-refractivity contribution in [2.24, 2.45) is 0 Å². The van der Waals surface area contributed by atoms with Gasteiger partial charge < -0.3 is 20.1 Å². The molecule has 0 bridgehead atoms. The molecule has 5 heteroatoms. The molecular weight excluding hydrogens is 244 g/mol. The first-order valence-electron chi connectivity index (χ1n) is 7.31. The first-order valence-corrected chi connectivity index (χ1v) is 7.31. The van der Waals surface area contributed by atoms with Crippen LogP contribution < -0.4 is 5.32 Å². The van der Waals surface area contributed by atoms with Crippen molar-refractivity contribution in [2.45, 2.75) is 50.7 Å². The molecule has 0 radical (unpaired) electrons. The Balaban J connectivity index is 2.08. The second kappa shape index (κ2) is 9.28. The van der Waals surface area contributed by atoms with Gasteiger partial charge >= 0.3 is 0 Å². The van der Waals surface area contributed by atoms with Gasteiger partial charge in [0.15, 0.2) is 0 Å². The summed E-state index contributed by atoms with van der Waals surface area (Å²) in [5.74, 6) is 0.0948. The number of aliphatic hydroxyl groups is 1. The Labute approximate surface area is 116 Å². The lowest BCUT2D eigenvalue weighted by Crippen LogP contribution is -2.34. The lowest BCUT2D eigenvalue weighted by atomic mass is 9.93. The second-order valence-electron chi connectivity index (χ2n) is 5.28. The summed E-state index contributed by atoms with van der Waals surface area (Å²) in [6.45, 7) is 1.25. The Hall–Kier alpha value is -0.650. The molecule has 19 heavy (non-hydrogen) atoms. The van der Waals surface area contributed by atoms with Gasteiger partial charge in [-0.1, -0.05) is 0 Å². The summed E-state index contributed by atoms with van der Waals surface area (Å²) in [5.41, 5.74) is 0. The summed E-state index contributed by atoms with van der Waals surface area (Å²) in [6, 6.07) is 0.631. The van der Waals surface area contributed by atoms with E-state index in [2.05, 4.69) is 5.32 Å². The van der Waals surface area contributed by atoms with Crippen molar-refractivity contribution in [1.29, 1.82) is 0 Å². The highest BCUT2D eigenvalue weighted by Crippen LogP contribution is 2.21. The van der Waals surface area contributed by atoms with Gasteiger partial charge in [0.1, 0.15) is 0 Å². The summed E-state index contributed by atoms with van der Waals surface area (Å²) in [7, 11) is 3.78. The van der Waals surface area contributed by atoms with Crippen LogP contribution >= 0.6 is 0 Å². The van der Waals surface area contributed by atoms with Crippen molar-refractivity contribution < 1.29 is 14.6 Å². The van der Waals surface area contributed by atoms with Crippen LogP contribution in [0.5, 0.6) is 0 Å². The van der Waals surface area contributed by atoms with Gasteiger partial charge in [-0.3, -0.25) is 4.79 Å². The van der Waals surface area contributed by atoms with Crippen LogP contribution in [0, 0.1) is 0 Å². The molecule has 1 aliphatic carbocycles. The standard InChI is InChI=1S/C14H28N2O3/c1-15-12-4-6-13(7-5-12)19-11-8-14(18)16(2)9-3-10-17/h12-13,15,17H,3-11H2,1-2H3. The zero-order valence-electron chi connectivity index (χ0n) is 12.2. The number of hydrogen-bond donors (Lipinski definition) is 2. The fourth-order valence-electron chi connectivity index (χ4n) is 2.45. The fourth-order valence-corrected chi connectivity index (χ4v) is 2.45. The van der Waals surface area contributed by atoms with E-state index in [1.807, 2.05) is 7.05 Å². The zero-order valence-corrected chi connectivity index (χ0v) is 12.2. The second-order valence-corrected chi connectivity index (χ2v) is 5.28. The van der Waals surface area contributed by atoms with E-state index >= 15 is 0 Å². The molecule has 0 spiro atoms. The van der Waals surface area contributed by atoms with E-state index in [-0.39, 0.29) is 12.5 Å². The topological polar surface area (TPSA) is 61.8 Å². The molecular formula is C14H28N2O3. The highest BCUT2D eigenvalue weighted by atomic mass is 16.5. The van der Waals surface area contributed by atoms with Crippen LogP contribution in [0.4, 0.5) is 0 Å². The predicted molar refractivity (Wildman–Crippen MR) is 75.0 cm³/mol. The van der Waals surface area contributed by atoms with E-state index in [0.29, 0.717) is 38.1 Å². The molecule has 5 nitrogen and oxygen atoms in total. The van der Waals surface area contributed by atoms with Crippen molar-refractivity contribution in [1.82, 2.24) is 10.2 Å². The summed E-state index contributed by atoms with van der Waals surface area (Å²) in [5, 5.41) is 12.0. The SMILES string of the molecule is CNC1CCC(OCCC(=O)N(C)CCCO)CC1. The molecule has 2 N–H and O–H groups in total. The molecule has 1 amide bonds. The molecule has 0 atom stereocenters. The normalized spacial score (nSPS) is 23.3. The van der Waals surface area contributed by atoms with E-state index in [9.17, 15) is 4.79 Å². The predicted octanol–water partition coefficient (Wildman–Crippen LogP) is 0.764. The van der Waals surface area contributed by atoms with Gasteiger partial charge in [-0.2, -0.15) is 0 Å². The number of carbonyl (C=O) groups excluding carboxylic acids is 1. The first kappa shape index (κ1) is 16.4. The fraction of sp³-hybridized carbons (Fsp3) is 0.929. The molecule has 112 valence electrons. The summed E-state index contributed by atoms with van der Waals surface area (Å²) >= 11 is 0. The molecule has 0 aromatic heterocycles. The highest BCUT2D eigenvalue weighted by molar-refractivity contribution is 5.75. The van der Waals surface area contributed by atoms with Gasteiger partial charge in [-0.25, -0.2) is 0 Å². The van der Waals surface area contributed by atoms with E-state index < -0.39 is 0 Å². The molecule has 0 aromatic rings. The van der Waals surface area contributed by atoms with E-state index in [0.717, 1.165) is 25.7 Å². The average molecular weight is 272 g/mol. The molecule has 0 saturated heterocycles. The van der Waals surface area contributed by atoms with Crippen LogP contribution in [-0.4, -0.2) is 61.9 Å². The minimum Gasteiger partial charge on any atom is -0.396 e. The molecule has 0 unspecified atom stereocenters. The van der Waals surface area contributed by atoms with Crippen LogP contribution in [-0.2, 0) is 9.53 Å². The van der Waals surface area contributed by atoms with Gasteiger partial charge in [0, 0.05) is 26.2 Å². The van der Waals surface area contributed by atoms with Crippen molar-refractivity contribution in [3.8, 4) is 0 Å². The van der Waals surface area contributed by atoms with Crippen molar-refractivity contribution >= 4 is 5.91 Å². The minimum absolute atomic E-state index is 0.0948. The maximum atomic E-state index is 11.7. The summed E-state index contributed by atoms with van der Waals surface area (Å²) in [4.78, 5) is 13.4. The minimum atomic E-state index is 0.0948. The molecule has 1 rings (SSSR count). The molecule has 0 aromatic carbocycles. The third kappa shape index (κ3) is 6.36. The molecule has 0 aliphatic heterocycles. The Morgan fingerprint density at radius 3 is 2.63 bits per heavy atom. The maximum Gasteiger partial charge on any atom is 0.224 e. The Morgan fingerprint density at radius 1 is 1.37 bits per heavy atom. The van der Waals surface area contributed by atoms with Crippen molar-refractivity contribution in [3.63, 3.8) is 0 Å². The molecule has 1 fully saturated rings. The number of aliphatic hydroxyl groups excluding tert-OH is 1. The quantitative estimate of drug-likeness (QED) is 0.685. The number of nitrogens with zero attached hydrogens (tertiary/aromatic N) is 1. The lowest BCUT2D eigenvalue weighted by Gasteiger charge is -2.28. The number of nitrogens with one attached hydrogen (secondary N) is 1. The maximum absolute atomic E-state index is 11.7. The Morgan fingerprint density at radius 2 is 2.05 bits per heavy atom. The van der Waals surface area contributed by atoms with Gasteiger partial charge in [-0.15, -0.1) is 0 Å². The number of rotatable bonds is 8. The number of amides is 1. The summed E-state index contributed by atoms with van der Waals surface area (Å²) < 4.78 is 5.78. The van der Waals surface area contributed by atoms with Crippen molar-refractivity contribution in [2.75, 3.05) is 33.9 Å². The van der Waals surface area contributed by atoms with Crippen LogP contribution in [0.25, 0.3) is 0 Å². The van der Waals surface area contributed by atoms with Crippen molar-refractivity contribution in [3.05, 3.63) is 0 Å². The third-order valence-electron chi connectivity index (χ3n) is 3.83. The van der Waals surface area contributed by atoms with E-state index in [4.69, 9.17) is 9.84 Å². The van der Waals surface area contributed by atoms with Crippen LogP contribution in [0.2, 0.25) is 0 Å². The van der Waals surface area contributed by atoms with Crippen LogP contribution in [0.1, 0.15) is 38.5 Å². The van der Waals surface area contributed by atoms with E-state index in [1.54, 1.807) is 11.9 Å². The number of ether oxygens (including phenoxy) is 1. The third-order valence-corrected chi connectivity index (χ3v) is 3.83. The number of hydrogen-bond acceptors (Lipinski definition) is 4. The average Bonchev–Trinajstić information content (AvgIpc) is 2.45. The number of carbonyl (C=O) groups is 1. The largest absolute Gasteiger partial charge is 0.396 e. The van der Waals surface area contributed by atoms with Gasteiger partial charge in [-0.05, 0) is 39.2 Å². The molecule has 0 heterocycles. The molecule has 1 saturated carbocycles. The highest BCUT2D eigenvalue weighted by Gasteiger charge is 2.20.